The van der Waals surface area contributed by atoms with E-state index in [-0.39, 0.29) is 28.5 Å². The monoisotopic (exact) mass is 474 g/mol. The molecule has 4 N–H and O–H groups in total. The van der Waals surface area contributed by atoms with Gasteiger partial charge >= 0.3 is 6.18 Å². The second-order valence-electron chi connectivity index (χ2n) is 7.95. The minimum atomic E-state index is -4.46. The molecule has 0 unspecified atom stereocenters. The molecule has 10 nitrogen and oxygen atoms in total. The van der Waals surface area contributed by atoms with Crippen LogP contribution in [0.2, 0.25) is 0 Å². The van der Waals surface area contributed by atoms with Crippen LogP contribution in [0.1, 0.15) is 40.3 Å². The Morgan fingerprint density at radius 3 is 2.74 bits per heavy atom. The number of nitrogens with two attached hydrogens (primary N) is 1. The standard InChI is InChI=1S/C21H21F3N8O2/c1-10(28-20(33)17-12(8-32(2)3)18(25)27-9-26-17)16-7-15(31-34-16)19-29-13-5-4-11(21(22,23)24)6-14(13)30-19/h4-7,9-10H,8H2,1-3H3,(H,28,33)(H,29,30)(H2,25,26,27)/t10-/m1/s1. The molecule has 13 heteroatoms. The number of benzene rings is 1. The molecule has 4 aromatic rings. The molecule has 0 aliphatic heterocycles. The van der Waals surface area contributed by atoms with Crippen molar-refractivity contribution in [2.24, 2.45) is 0 Å². The highest BCUT2D eigenvalue weighted by molar-refractivity contribution is 5.94. The van der Waals surface area contributed by atoms with Crippen molar-refractivity contribution in [3.05, 3.63) is 53.2 Å². The average Bonchev–Trinajstić information content (AvgIpc) is 3.40. The van der Waals surface area contributed by atoms with E-state index in [9.17, 15) is 18.0 Å². The summed E-state index contributed by atoms with van der Waals surface area (Å²) < 4.78 is 44.2. The van der Waals surface area contributed by atoms with Gasteiger partial charge in [0, 0.05) is 18.2 Å². The number of nitrogens with zero attached hydrogens (tertiary/aromatic N) is 5. The summed E-state index contributed by atoms with van der Waals surface area (Å²) in [5.41, 5.74) is 6.62. The van der Waals surface area contributed by atoms with Gasteiger partial charge in [0.25, 0.3) is 5.91 Å². The molecule has 0 aliphatic carbocycles. The summed E-state index contributed by atoms with van der Waals surface area (Å²) in [5.74, 6) is 0.289. The van der Waals surface area contributed by atoms with E-state index >= 15 is 0 Å². The zero-order chi connectivity index (χ0) is 24.6. The first kappa shape index (κ1) is 23.2. The molecule has 0 aliphatic rings. The number of aromatic nitrogens is 5. The van der Waals surface area contributed by atoms with E-state index in [2.05, 4.69) is 30.4 Å². The van der Waals surface area contributed by atoms with Gasteiger partial charge in [-0.25, -0.2) is 15.0 Å². The predicted molar refractivity (Wildman–Crippen MR) is 116 cm³/mol. The van der Waals surface area contributed by atoms with E-state index in [1.165, 1.54) is 12.4 Å². The van der Waals surface area contributed by atoms with Gasteiger partial charge in [0.15, 0.2) is 11.6 Å². The summed E-state index contributed by atoms with van der Waals surface area (Å²) in [6, 6.07) is 4.17. The SMILES string of the molecule is C[C@@H](NC(=O)c1ncnc(N)c1CN(C)C)c1cc(-c2nc3ccc(C(F)(F)F)cc3[nH]2)no1. The Kier molecular flexibility index (Phi) is 5.96. The highest BCUT2D eigenvalue weighted by atomic mass is 19.4. The van der Waals surface area contributed by atoms with Gasteiger partial charge < -0.3 is 25.5 Å². The van der Waals surface area contributed by atoms with Crippen molar-refractivity contribution in [1.82, 2.24) is 35.3 Å². The molecule has 34 heavy (non-hydrogen) atoms. The number of rotatable bonds is 6. The van der Waals surface area contributed by atoms with Crippen LogP contribution in [0.25, 0.3) is 22.6 Å². The third kappa shape index (κ3) is 4.69. The Labute approximate surface area is 191 Å². The molecule has 0 radical (unpaired) electrons. The number of anilines is 1. The maximum absolute atomic E-state index is 13.0. The van der Waals surface area contributed by atoms with Gasteiger partial charge in [-0.05, 0) is 39.2 Å². The Hall–Kier alpha value is -4.00. The van der Waals surface area contributed by atoms with E-state index < -0.39 is 23.7 Å². The van der Waals surface area contributed by atoms with Gasteiger partial charge in [0.2, 0.25) is 0 Å². The number of aromatic amines is 1. The first-order valence-electron chi connectivity index (χ1n) is 10.1. The summed E-state index contributed by atoms with van der Waals surface area (Å²) in [5, 5.41) is 6.71. The number of carbonyl (C=O) groups excluding carboxylic acids is 1. The number of halogens is 3. The lowest BCUT2D eigenvalue weighted by Gasteiger charge is -2.16. The van der Waals surface area contributed by atoms with Crippen molar-refractivity contribution in [1.29, 1.82) is 0 Å². The second-order valence-corrected chi connectivity index (χ2v) is 7.95. The largest absolute Gasteiger partial charge is 0.416 e. The second kappa shape index (κ2) is 8.74. The van der Waals surface area contributed by atoms with Crippen molar-refractivity contribution in [3.8, 4) is 11.5 Å². The van der Waals surface area contributed by atoms with Crippen molar-refractivity contribution < 1.29 is 22.5 Å². The number of nitrogens with one attached hydrogen (secondary N) is 2. The minimum Gasteiger partial charge on any atom is -0.383 e. The van der Waals surface area contributed by atoms with Crippen LogP contribution in [0.4, 0.5) is 19.0 Å². The fraction of sp³-hybridized carbons (Fsp3) is 0.286. The number of amides is 1. The van der Waals surface area contributed by atoms with Gasteiger partial charge in [0.05, 0.1) is 22.6 Å². The van der Waals surface area contributed by atoms with Gasteiger partial charge in [-0.3, -0.25) is 4.79 Å². The Morgan fingerprint density at radius 1 is 1.26 bits per heavy atom. The number of fused-ring (bicyclic) bond motifs is 1. The van der Waals surface area contributed by atoms with Gasteiger partial charge in [0.1, 0.15) is 23.5 Å². The molecule has 0 spiro atoms. The molecular weight excluding hydrogens is 453 g/mol. The first-order valence-corrected chi connectivity index (χ1v) is 10.1. The molecule has 0 saturated carbocycles. The smallest absolute Gasteiger partial charge is 0.383 e. The number of nitrogen functional groups attached to an aromatic ring is 1. The summed E-state index contributed by atoms with van der Waals surface area (Å²) in [6.07, 6.45) is -3.25. The van der Waals surface area contributed by atoms with Crippen LogP contribution >= 0.6 is 0 Å². The number of hydrogen-bond donors (Lipinski definition) is 3. The lowest BCUT2D eigenvalue weighted by Crippen LogP contribution is -2.29. The lowest BCUT2D eigenvalue weighted by atomic mass is 10.1. The van der Waals surface area contributed by atoms with Gasteiger partial charge in [-0.1, -0.05) is 5.16 Å². The van der Waals surface area contributed by atoms with Crippen molar-refractivity contribution in [2.75, 3.05) is 19.8 Å². The maximum atomic E-state index is 13.0. The van der Waals surface area contributed by atoms with E-state index in [0.717, 1.165) is 12.1 Å². The van der Waals surface area contributed by atoms with Crippen LogP contribution in [0, 0.1) is 0 Å². The molecule has 1 amide bonds. The fourth-order valence-corrected chi connectivity index (χ4v) is 3.34. The van der Waals surface area contributed by atoms with Gasteiger partial charge in [-0.15, -0.1) is 0 Å². The number of carbonyl (C=O) groups is 1. The van der Waals surface area contributed by atoms with E-state index in [1.54, 1.807) is 13.0 Å². The summed E-state index contributed by atoms with van der Waals surface area (Å²) >= 11 is 0. The Balaban J connectivity index is 1.54. The van der Waals surface area contributed by atoms with Crippen LogP contribution in [0.5, 0.6) is 0 Å². The van der Waals surface area contributed by atoms with Crippen LogP contribution in [0.15, 0.2) is 35.1 Å². The average molecular weight is 474 g/mol. The molecule has 0 saturated heterocycles. The molecule has 0 fully saturated rings. The summed E-state index contributed by atoms with van der Waals surface area (Å²) in [6.45, 7) is 2.06. The molecule has 4 rings (SSSR count). The molecule has 1 atom stereocenters. The summed E-state index contributed by atoms with van der Waals surface area (Å²) in [7, 11) is 3.66. The predicted octanol–water partition coefficient (Wildman–Crippen LogP) is 3.16. The highest BCUT2D eigenvalue weighted by Gasteiger charge is 2.31. The van der Waals surface area contributed by atoms with Crippen LogP contribution in [-0.2, 0) is 12.7 Å². The zero-order valence-corrected chi connectivity index (χ0v) is 18.4. The normalized spacial score (nSPS) is 12.9. The van der Waals surface area contributed by atoms with E-state index in [1.807, 2.05) is 19.0 Å². The number of alkyl halides is 3. The zero-order valence-electron chi connectivity index (χ0n) is 18.4. The number of H-pyrrole nitrogens is 1. The number of hydrogen-bond acceptors (Lipinski definition) is 8. The van der Waals surface area contributed by atoms with Crippen molar-refractivity contribution in [2.45, 2.75) is 25.7 Å². The maximum Gasteiger partial charge on any atom is 0.416 e. The van der Waals surface area contributed by atoms with Crippen molar-refractivity contribution >= 4 is 22.8 Å². The molecule has 3 heterocycles. The Morgan fingerprint density at radius 2 is 2.03 bits per heavy atom. The number of imidazole rings is 1. The third-order valence-corrected chi connectivity index (χ3v) is 5.02. The minimum absolute atomic E-state index is 0.144. The Bertz CT molecular complexity index is 1350. The van der Waals surface area contributed by atoms with Crippen molar-refractivity contribution in [3.63, 3.8) is 0 Å². The highest BCUT2D eigenvalue weighted by Crippen LogP contribution is 2.32. The molecule has 1 aromatic carbocycles. The molecule has 178 valence electrons. The lowest BCUT2D eigenvalue weighted by molar-refractivity contribution is -0.137. The van der Waals surface area contributed by atoms with Gasteiger partial charge in [-0.2, -0.15) is 13.2 Å². The quantitative estimate of drug-likeness (QED) is 0.387. The third-order valence-electron chi connectivity index (χ3n) is 5.02. The first-order chi connectivity index (χ1) is 16.0. The van der Waals surface area contributed by atoms with Crippen LogP contribution in [0.3, 0.4) is 0 Å². The fourth-order valence-electron chi connectivity index (χ4n) is 3.34. The summed E-state index contributed by atoms with van der Waals surface area (Å²) in [4.78, 5) is 29.8. The van der Waals surface area contributed by atoms with E-state index in [4.69, 9.17) is 10.3 Å². The topological polar surface area (TPSA) is 139 Å². The van der Waals surface area contributed by atoms with E-state index in [0.29, 0.717) is 23.4 Å². The molecule has 0 bridgehead atoms. The molecular formula is C21H21F3N8O2. The van der Waals surface area contributed by atoms with Crippen LogP contribution in [-0.4, -0.2) is 50.0 Å². The van der Waals surface area contributed by atoms with Crippen LogP contribution < -0.4 is 11.1 Å². The molecule has 3 aromatic heterocycles.